The smallest absolute Gasteiger partial charge is 0.257 e. The summed E-state index contributed by atoms with van der Waals surface area (Å²) >= 11 is 5.76. The van der Waals surface area contributed by atoms with Crippen molar-refractivity contribution < 1.29 is 13.6 Å². The Bertz CT molecular complexity index is 647. The molecule has 0 unspecified atom stereocenters. The SMILES string of the molecule is Nc1cc(F)ccc1NC(=O)c1ccc(F)cc1Cl. The number of carbonyl (C=O) groups excluding carboxylic acids is 1. The second kappa shape index (κ2) is 5.24. The molecule has 98 valence electrons. The summed E-state index contributed by atoms with van der Waals surface area (Å²) in [6.45, 7) is 0. The lowest BCUT2D eigenvalue weighted by atomic mass is 10.2. The molecule has 2 aromatic rings. The van der Waals surface area contributed by atoms with Gasteiger partial charge in [-0.1, -0.05) is 11.6 Å². The fourth-order valence-electron chi connectivity index (χ4n) is 1.51. The second-order valence-corrected chi connectivity index (χ2v) is 4.22. The molecule has 0 spiro atoms. The third kappa shape index (κ3) is 3.00. The predicted molar refractivity (Wildman–Crippen MR) is 70.2 cm³/mol. The minimum Gasteiger partial charge on any atom is -0.397 e. The van der Waals surface area contributed by atoms with E-state index in [9.17, 15) is 13.6 Å². The monoisotopic (exact) mass is 282 g/mol. The summed E-state index contributed by atoms with van der Waals surface area (Å²) in [5.74, 6) is -1.60. The number of anilines is 2. The van der Waals surface area contributed by atoms with Crippen LogP contribution < -0.4 is 11.1 Å². The van der Waals surface area contributed by atoms with Crippen molar-refractivity contribution in [2.45, 2.75) is 0 Å². The Kier molecular flexibility index (Phi) is 3.66. The maximum Gasteiger partial charge on any atom is 0.257 e. The third-order valence-corrected chi connectivity index (χ3v) is 2.75. The largest absolute Gasteiger partial charge is 0.397 e. The molecule has 0 aromatic heterocycles. The summed E-state index contributed by atoms with van der Waals surface area (Å²) in [6.07, 6.45) is 0. The molecule has 0 radical (unpaired) electrons. The predicted octanol–water partition coefficient (Wildman–Crippen LogP) is 3.45. The van der Waals surface area contributed by atoms with Crippen LogP contribution in [0.5, 0.6) is 0 Å². The van der Waals surface area contributed by atoms with E-state index in [0.717, 1.165) is 24.3 Å². The van der Waals surface area contributed by atoms with Gasteiger partial charge < -0.3 is 11.1 Å². The Morgan fingerprint density at radius 1 is 1.11 bits per heavy atom. The molecule has 0 bridgehead atoms. The van der Waals surface area contributed by atoms with Gasteiger partial charge in [0.1, 0.15) is 11.6 Å². The number of halogens is 3. The zero-order valence-corrected chi connectivity index (χ0v) is 10.3. The van der Waals surface area contributed by atoms with Gasteiger partial charge in [0, 0.05) is 0 Å². The van der Waals surface area contributed by atoms with E-state index in [-0.39, 0.29) is 22.0 Å². The molecule has 0 aliphatic heterocycles. The summed E-state index contributed by atoms with van der Waals surface area (Å²) in [4.78, 5) is 11.9. The van der Waals surface area contributed by atoms with Crippen LogP contribution in [0.3, 0.4) is 0 Å². The van der Waals surface area contributed by atoms with E-state index in [1.165, 1.54) is 12.1 Å². The Hall–Kier alpha value is -2.14. The zero-order chi connectivity index (χ0) is 14.0. The van der Waals surface area contributed by atoms with E-state index in [0.29, 0.717) is 0 Å². The fourth-order valence-corrected chi connectivity index (χ4v) is 1.76. The first-order valence-electron chi connectivity index (χ1n) is 5.29. The molecule has 0 saturated carbocycles. The van der Waals surface area contributed by atoms with Crippen molar-refractivity contribution in [2.75, 3.05) is 11.1 Å². The molecule has 2 rings (SSSR count). The topological polar surface area (TPSA) is 55.1 Å². The highest BCUT2D eigenvalue weighted by Gasteiger charge is 2.12. The van der Waals surface area contributed by atoms with Gasteiger partial charge in [0.05, 0.1) is 22.0 Å². The van der Waals surface area contributed by atoms with Crippen molar-refractivity contribution in [1.29, 1.82) is 0 Å². The average Bonchev–Trinajstić information content (AvgIpc) is 2.32. The number of amides is 1. The van der Waals surface area contributed by atoms with Gasteiger partial charge >= 0.3 is 0 Å². The van der Waals surface area contributed by atoms with Crippen LogP contribution in [-0.4, -0.2) is 5.91 Å². The molecular weight excluding hydrogens is 274 g/mol. The van der Waals surface area contributed by atoms with E-state index in [1.54, 1.807) is 0 Å². The first kappa shape index (κ1) is 13.3. The van der Waals surface area contributed by atoms with Crippen molar-refractivity contribution in [3.8, 4) is 0 Å². The van der Waals surface area contributed by atoms with Gasteiger partial charge in [0.15, 0.2) is 0 Å². The number of rotatable bonds is 2. The molecular formula is C13H9ClF2N2O. The Morgan fingerprint density at radius 3 is 2.37 bits per heavy atom. The maximum absolute atomic E-state index is 12.9. The van der Waals surface area contributed by atoms with Crippen LogP contribution in [-0.2, 0) is 0 Å². The van der Waals surface area contributed by atoms with Gasteiger partial charge in [-0.15, -0.1) is 0 Å². The lowest BCUT2D eigenvalue weighted by Crippen LogP contribution is -2.14. The van der Waals surface area contributed by atoms with Crippen LogP contribution >= 0.6 is 11.6 Å². The van der Waals surface area contributed by atoms with Gasteiger partial charge in [0.25, 0.3) is 5.91 Å². The molecule has 0 aliphatic rings. The van der Waals surface area contributed by atoms with Crippen LogP contribution in [0, 0.1) is 11.6 Å². The fraction of sp³-hybridized carbons (Fsp3) is 0. The molecule has 19 heavy (non-hydrogen) atoms. The number of nitrogens with two attached hydrogens (primary N) is 1. The number of nitrogens with one attached hydrogen (secondary N) is 1. The van der Waals surface area contributed by atoms with Crippen molar-refractivity contribution in [2.24, 2.45) is 0 Å². The summed E-state index contributed by atoms with van der Waals surface area (Å²) in [6, 6.07) is 6.99. The van der Waals surface area contributed by atoms with Gasteiger partial charge in [-0.3, -0.25) is 4.79 Å². The van der Waals surface area contributed by atoms with Crippen LogP contribution in [0.2, 0.25) is 5.02 Å². The lowest BCUT2D eigenvalue weighted by molar-refractivity contribution is 0.102. The first-order chi connectivity index (χ1) is 8.97. The Morgan fingerprint density at radius 2 is 1.74 bits per heavy atom. The van der Waals surface area contributed by atoms with Gasteiger partial charge in [-0.05, 0) is 36.4 Å². The van der Waals surface area contributed by atoms with E-state index < -0.39 is 17.5 Å². The van der Waals surface area contributed by atoms with E-state index in [4.69, 9.17) is 17.3 Å². The van der Waals surface area contributed by atoms with Crippen LogP contribution in [0.4, 0.5) is 20.2 Å². The highest BCUT2D eigenvalue weighted by molar-refractivity contribution is 6.34. The van der Waals surface area contributed by atoms with E-state index in [1.807, 2.05) is 0 Å². The van der Waals surface area contributed by atoms with Crippen molar-refractivity contribution in [3.63, 3.8) is 0 Å². The maximum atomic E-state index is 12.9. The average molecular weight is 283 g/mol. The third-order valence-electron chi connectivity index (χ3n) is 2.44. The molecule has 1 amide bonds. The van der Waals surface area contributed by atoms with Crippen LogP contribution in [0.25, 0.3) is 0 Å². The molecule has 2 aromatic carbocycles. The van der Waals surface area contributed by atoms with Gasteiger partial charge in [-0.25, -0.2) is 8.78 Å². The molecule has 0 atom stereocenters. The van der Waals surface area contributed by atoms with E-state index >= 15 is 0 Å². The molecule has 3 nitrogen and oxygen atoms in total. The minimum absolute atomic E-state index is 0.0156. The Balaban J connectivity index is 2.25. The zero-order valence-electron chi connectivity index (χ0n) is 9.58. The number of nitrogen functional groups attached to an aromatic ring is 1. The molecule has 0 fully saturated rings. The molecule has 6 heteroatoms. The minimum atomic E-state index is -0.552. The Labute approximate surface area is 113 Å². The van der Waals surface area contributed by atoms with Crippen molar-refractivity contribution in [1.82, 2.24) is 0 Å². The lowest BCUT2D eigenvalue weighted by Gasteiger charge is -2.09. The number of hydrogen-bond acceptors (Lipinski definition) is 2. The molecule has 0 aliphatic carbocycles. The summed E-state index contributed by atoms with van der Waals surface area (Å²) in [5, 5.41) is 2.46. The number of benzene rings is 2. The number of carbonyl (C=O) groups is 1. The normalized spacial score (nSPS) is 10.3. The van der Waals surface area contributed by atoms with E-state index in [2.05, 4.69) is 5.32 Å². The van der Waals surface area contributed by atoms with Gasteiger partial charge in [0.2, 0.25) is 0 Å². The quantitative estimate of drug-likeness (QED) is 0.829. The second-order valence-electron chi connectivity index (χ2n) is 3.81. The highest BCUT2D eigenvalue weighted by Crippen LogP contribution is 2.22. The molecule has 0 heterocycles. The first-order valence-corrected chi connectivity index (χ1v) is 5.66. The van der Waals surface area contributed by atoms with Crippen LogP contribution in [0.15, 0.2) is 36.4 Å². The number of hydrogen-bond donors (Lipinski definition) is 2. The molecule has 0 saturated heterocycles. The van der Waals surface area contributed by atoms with Gasteiger partial charge in [-0.2, -0.15) is 0 Å². The summed E-state index contributed by atoms with van der Waals surface area (Å²) in [5.41, 5.74) is 6.01. The standard InChI is InChI=1S/C13H9ClF2N2O/c14-10-5-7(15)1-3-9(10)13(19)18-12-4-2-8(16)6-11(12)17/h1-6H,17H2,(H,18,19). The molecule has 3 N–H and O–H groups in total. The summed E-state index contributed by atoms with van der Waals surface area (Å²) in [7, 11) is 0. The summed E-state index contributed by atoms with van der Waals surface area (Å²) < 4.78 is 25.7. The van der Waals surface area contributed by atoms with Crippen molar-refractivity contribution in [3.05, 3.63) is 58.6 Å². The van der Waals surface area contributed by atoms with Crippen LogP contribution in [0.1, 0.15) is 10.4 Å². The van der Waals surface area contributed by atoms with Crippen molar-refractivity contribution >= 4 is 28.9 Å². The highest BCUT2D eigenvalue weighted by atomic mass is 35.5.